The molecule has 0 spiro atoms. The zero-order valence-electron chi connectivity index (χ0n) is 11.1. The van der Waals surface area contributed by atoms with E-state index in [1.807, 2.05) is 6.07 Å². The minimum atomic E-state index is -1.05. The molecule has 1 fully saturated rings. The summed E-state index contributed by atoms with van der Waals surface area (Å²) >= 11 is 0. The van der Waals surface area contributed by atoms with E-state index in [0.717, 1.165) is 0 Å². The highest BCUT2D eigenvalue weighted by Gasteiger charge is 2.47. The number of carboxylic acid groups (broad SMARTS) is 1. The van der Waals surface area contributed by atoms with E-state index in [1.165, 1.54) is 11.0 Å². The molecule has 5 heteroatoms. The van der Waals surface area contributed by atoms with Crippen LogP contribution in [0.4, 0.5) is 4.79 Å². The first-order valence-electron chi connectivity index (χ1n) is 6.42. The Kier molecular flexibility index (Phi) is 4.08. The number of nitrogens with zero attached hydrogens (tertiary/aromatic N) is 1. The first-order valence-corrected chi connectivity index (χ1v) is 6.42. The van der Waals surface area contributed by atoms with E-state index in [0.29, 0.717) is 18.5 Å². The molecule has 1 aliphatic rings. The van der Waals surface area contributed by atoms with Crippen molar-refractivity contribution in [3.63, 3.8) is 0 Å². The Morgan fingerprint density at radius 3 is 2.70 bits per heavy atom. The molecular formula is C15H17NO4. The summed E-state index contributed by atoms with van der Waals surface area (Å²) < 4.78 is 4.96. The number of carboxylic acids is 1. The molecule has 0 bridgehead atoms. The fraction of sp³-hybridized carbons (Fsp3) is 0.333. The summed E-state index contributed by atoms with van der Waals surface area (Å²) in [6.45, 7) is 4.10. The molecule has 1 N–H and O–H groups in total. The third-order valence-corrected chi connectivity index (χ3v) is 3.59. The van der Waals surface area contributed by atoms with Crippen molar-refractivity contribution in [2.75, 3.05) is 19.7 Å². The fourth-order valence-electron chi connectivity index (χ4n) is 2.48. The maximum Gasteiger partial charge on any atom is 0.410 e. The average Bonchev–Trinajstić information content (AvgIpc) is 2.92. The van der Waals surface area contributed by atoms with Crippen molar-refractivity contribution < 1.29 is 19.4 Å². The molecule has 1 aromatic carbocycles. The van der Waals surface area contributed by atoms with Gasteiger partial charge in [-0.3, -0.25) is 4.79 Å². The van der Waals surface area contributed by atoms with Crippen LogP contribution >= 0.6 is 0 Å². The van der Waals surface area contributed by atoms with Gasteiger partial charge < -0.3 is 14.7 Å². The molecule has 1 unspecified atom stereocenters. The molecule has 106 valence electrons. The standard InChI is InChI=1S/C15H17NO4/c1-2-10-20-14(19)16-9-8-15(11-16,13(17)18)12-6-4-3-5-7-12/h2-7H,1,8-11H2,(H,17,18). The number of ether oxygens (including phenoxy) is 1. The number of likely N-dealkylation sites (tertiary alicyclic amines) is 1. The van der Waals surface area contributed by atoms with Crippen molar-refractivity contribution in [3.05, 3.63) is 48.6 Å². The molecule has 1 heterocycles. The number of carbonyl (C=O) groups excluding carboxylic acids is 1. The van der Waals surface area contributed by atoms with Gasteiger partial charge in [0.15, 0.2) is 0 Å². The second kappa shape index (κ2) is 5.77. The van der Waals surface area contributed by atoms with Gasteiger partial charge in [-0.15, -0.1) is 0 Å². The van der Waals surface area contributed by atoms with E-state index >= 15 is 0 Å². The molecule has 0 aromatic heterocycles. The molecule has 2 rings (SSSR count). The molecule has 1 aromatic rings. The Bertz CT molecular complexity index is 514. The normalized spacial score (nSPS) is 21.5. The first kappa shape index (κ1) is 14.1. The van der Waals surface area contributed by atoms with E-state index in [2.05, 4.69) is 6.58 Å². The summed E-state index contributed by atoms with van der Waals surface area (Å²) in [7, 11) is 0. The predicted octanol–water partition coefficient (Wildman–Crippen LogP) is 2.04. The van der Waals surface area contributed by atoms with Crippen molar-refractivity contribution in [1.29, 1.82) is 0 Å². The zero-order chi connectivity index (χ0) is 14.6. The van der Waals surface area contributed by atoms with Gasteiger partial charge in [-0.05, 0) is 12.0 Å². The lowest BCUT2D eigenvalue weighted by Crippen LogP contribution is -2.40. The quantitative estimate of drug-likeness (QED) is 0.854. The Balaban J connectivity index is 2.19. The van der Waals surface area contributed by atoms with Crippen LogP contribution in [0.5, 0.6) is 0 Å². The van der Waals surface area contributed by atoms with Crippen LogP contribution in [-0.2, 0) is 14.9 Å². The van der Waals surface area contributed by atoms with Crippen LogP contribution in [0.1, 0.15) is 12.0 Å². The lowest BCUT2D eigenvalue weighted by atomic mass is 9.80. The van der Waals surface area contributed by atoms with Gasteiger partial charge in [-0.1, -0.05) is 43.0 Å². The van der Waals surface area contributed by atoms with E-state index in [-0.39, 0.29) is 13.2 Å². The molecule has 1 amide bonds. The van der Waals surface area contributed by atoms with Crippen molar-refractivity contribution in [2.24, 2.45) is 0 Å². The van der Waals surface area contributed by atoms with Crippen LogP contribution < -0.4 is 0 Å². The molecule has 1 aliphatic heterocycles. The van der Waals surface area contributed by atoms with Gasteiger partial charge in [-0.2, -0.15) is 0 Å². The molecule has 1 atom stereocenters. The lowest BCUT2D eigenvalue weighted by Gasteiger charge is -2.25. The third kappa shape index (κ3) is 2.52. The van der Waals surface area contributed by atoms with Crippen LogP contribution in [-0.4, -0.2) is 41.8 Å². The third-order valence-electron chi connectivity index (χ3n) is 3.59. The van der Waals surface area contributed by atoms with E-state index in [1.54, 1.807) is 24.3 Å². The summed E-state index contributed by atoms with van der Waals surface area (Å²) in [5, 5.41) is 9.60. The van der Waals surface area contributed by atoms with Crippen molar-refractivity contribution in [1.82, 2.24) is 4.90 Å². The summed E-state index contributed by atoms with van der Waals surface area (Å²) in [5.74, 6) is -0.914. The van der Waals surface area contributed by atoms with E-state index < -0.39 is 17.5 Å². The highest BCUT2D eigenvalue weighted by molar-refractivity contribution is 5.84. The van der Waals surface area contributed by atoms with Crippen molar-refractivity contribution in [3.8, 4) is 0 Å². The van der Waals surface area contributed by atoms with Gasteiger partial charge in [0.2, 0.25) is 0 Å². The minimum Gasteiger partial charge on any atom is -0.481 e. The number of aliphatic carboxylic acids is 1. The Hall–Kier alpha value is -2.30. The second-order valence-electron chi connectivity index (χ2n) is 4.79. The van der Waals surface area contributed by atoms with Crippen LogP contribution in [0.2, 0.25) is 0 Å². The molecule has 0 radical (unpaired) electrons. The van der Waals surface area contributed by atoms with Crippen LogP contribution in [0.15, 0.2) is 43.0 Å². The van der Waals surface area contributed by atoms with Crippen LogP contribution in [0.3, 0.4) is 0 Å². The molecule has 0 aliphatic carbocycles. The number of rotatable bonds is 4. The summed E-state index contributed by atoms with van der Waals surface area (Å²) in [5.41, 5.74) is -0.333. The van der Waals surface area contributed by atoms with E-state index in [9.17, 15) is 14.7 Å². The van der Waals surface area contributed by atoms with Crippen molar-refractivity contribution in [2.45, 2.75) is 11.8 Å². The van der Waals surface area contributed by atoms with Gasteiger partial charge >= 0.3 is 12.1 Å². The van der Waals surface area contributed by atoms with Gasteiger partial charge in [0, 0.05) is 13.1 Å². The fourth-order valence-corrected chi connectivity index (χ4v) is 2.48. The average molecular weight is 275 g/mol. The van der Waals surface area contributed by atoms with Gasteiger partial charge in [0.1, 0.15) is 12.0 Å². The highest BCUT2D eigenvalue weighted by atomic mass is 16.6. The van der Waals surface area contributed by atoms with E-state index in [4.69, 9.17) is 4.74 Å². The number of benzene rings is 1. The minimum absolute atomic E-state index is 0.126. The van der Waals surface area contributed by atoms with Gasteiger partial charge in [0.25, 0.3) is 0 Å². The Morgan fingerprint density at radius 2 is 2.10 bits per heavy atom. The monoisotopic (exact) mass is 275 g/mol. The SMILES string of the molecule is C=CCOC(=O)N1CCC(C(=O)O)(c2ccccc2)C1. The summed E-state index contributed by atoms with van der Waals surface area (Å²) in [6.07, 6.45) is 1.37. The molecule has 20 heavy (non-hydrogen) atoms. The number of hydrogen-bond donors (Lipinski definition) is 1. The maximum absolute atomic E-state index is 11.8. The molecule has 1 saturated heterocycles. The van der Waals surface area contributed by atoms with Gasteiger partial charge in [-0.25, -0.2) is 4.79 Å². The summed E-state index contributed by atoms with van der Waals surface area (Å²) in [6, 6.07) is 9.01. The van der Waals surface area contributed by atoms with Crippen LogP contribution in [0, 0.1) is 0 Å². The molecule has 0 saturated carbocycles. The number of hydrogen-bond acceptors (Lipinski definition) is 3. The lowest BCUT2D eigenvalue weighted by molar-refractivity contribution is -0.143. The Morgan fingerprint density at radius 1 is 1.40 bits per heavy atom. The van der Waals surface area contributed by atoms with Gasteiger partial charge in [0.05, 0.1) is 0 Å². The number of amides is 1. The number of carbonyl (C=O) groups is 2. The van der Waals surface area contributed by atoms with Crippen molar-refractivity contribution >= 4 is 12.1 Å². The molecular weight excluding hydrogens is 258 g/mol. The first-order chi connectivity index (χ1) is 9.60. The smallest absolute Gasteiger partial charge is 0.410 e. The Labute approximate surface area is 117 Å². The zero-order valence-corrected chi connectivity index (χ0v) is 11.1. The predicted molar refractivity (Wildman–Crippen MR) is 73.5 cm³/mol. The maximum atomic E-state index is 11.8. The largest absolute Gasteiger partial charge is 0.481 e. The summed E-state index contributed by atoms with van der Waals surface area (Å²) in [4.78, 5) is 25.0. The topological polar surface area (TPSA) is 66.8 Å². The van der Waals surface area contributed by atoms with Crippen LogP contribution in [0.25, 0.3) is 0 Å². The second-order valence-corrected chi connectivity index (χ2v) is 4.79. The molecule has 5 nitrogen and oxygen atoms in total. The highest BCUT2D eigenvalue weighted by Crippen LogP contribution is 2.35.